The molecule has 5 rings (SSSR count). The Labute approximate surface area is 203 Å². The summed E-state index contributed by atoms with van der Waals surface area (Å²) < 4.78 is 5.62. The number of amides is 1. The lowest BCUT2D eigenvalue weighted by molar-refractivity contribution is -0.000372. The molecule has 8 heteroatoms. The number of benzene rings is 2. The van der Waals surface area contributed by atoms with Gasteiger partial charge < -0.3 is 15.8 Å². The fourth-order valence-electron chi connectivity index (χ4n) is 5.62. The number of aliphatic imine (C=N–C) groups is 2. The molecule has 3 N–H and O–H groups in total. The summed E-state index contributed by atoms with van der Waals surface area (Å²) in [5.41, 5.74) is 9.36. The summed E-state index contributed by atoms with van der Waals surface area (Å²) in [4.78, 5) is 22.9. The quantitative estimate of drug-likeness (QED) is 0.613. The van der Waals surface area contributed by atoms with Crippen LogP contribution in [0.4, 0.5) is 5.69 Å². The summed E-state index contributed by atoms with van der Waals surface area (Å²) in [6.45, 7) is 1.91. The Hall–Kier alpha value is -2.41. The molecular weight excluding hydrogens is 459 g/mol. The number of nitrogens with two attached hydrogens (primary N) is 1. The number of carbonyl (C=O) groups is 1. The van der Waals surface area contributed by atoms with Crippen LogP contribution in [0.5, 0.6) is 0 Å². The minimum Gasteiger partial charge on any atom is -0.382 e. The van der Waals surface area contributed by atoms with Crippen molar-refractivity contribution < 1.29 is 9.53 Å². The van der Waals surface area contributed by atoms with Crippen molar-refractivity contribution in [3.63, 3.8) is 0 Å². The topological polar surface area (TPSA) is 89.1 Å². The molecule has 172 valence electrons. The number of amidine groups is 1. The Morgan fingerprint density at radius 3 is 2.55 bits per heavy atom. The van der Waals surface area contributed by atoms with E-state index < -0.39 is 5.66 Å². The van der Waals surface area contributed by atoms with E-state index in [2.05, 4.69) is 11.4 Å². The SMILES string of the molecule is COC1CCC2(CC1)Cc1ccc(NC(=O)c3ccc(Cl)cc3Cl)cc1C21N=C(C)C(N)=N1. The second-order valence-corrected chi connectivity index (χ2v) is 10.1. The second kappa shape index (κ2) is 8.12. The molecular formula is C25H26Cl2N4O2. The molecule has 6 nitrogen and oxygen atoms in total. The standard InChI is InChI=1S/C25H26Cl2N4O2/c1-14-22(28)31-25(30-14)20-12-17(29-23(32)19-6-4-16(26)11-21(19)27)5-3-15(20)13-24(25)9-7-18(33-2)8-10-24/h3-6,11-12,18H,7-10,13H2,1-2H3,(H2,28,31)(H,29,32). The molecule has 1 heterocycles. The van der Waals surface area contributed by atoms with Crippen LogP contribution in [-0.2, 0) is 16.8 Å². The van der Waals surface area contributed by atoms with Gasteiger partial charge in [-0.1, -0.05) is 29.3 Å². The molecule has 0 bridgehead atoms. The first-order valence-corrected chi connectivity index (χ1v) is 11.9. The molecule has 1 unspecified atom stereocenters. The fourth-order valence-corrected chi connectivity index (χ4v) is 6.12. The zero-order valence-electron chi connectivity index (χ0n) is 18.6. The molecule has 2 aromatic rings. The first-order valence-electron chi connectivity index (χ1n) is 11.1. The predicted molar refractivity (Wildman–Crippen MR) is 133 cm³/mol. The largest absolute Gasteiger partial charge is 0.382 e. The van der Waals surface area contributed by atoms with Gasteiger partial charge in [0.1, 0.15) is 5.84 Å². The summed E-state index contributed by atoms with van der Waals surface area (Å²) in [6, 6.07) is 10.8. The van der Waals surface area contributed by atoms with Gasteiger partial charge >= 0.3 is 0 Å². The number of methoxy groups -OCH3 is 1. The van der Waals surface area contributed by atoms with Crippen LogP contribution in [0.3, 0.4) is 0 Å². The average molecular weight is 485 g/mol. The molecule has 2 aliphatic carbocycles. The fraction of sp³-hybridized carbons (Fsp3) is 0.400. The first kappa shape index (κ1) is 22.4. The van der Waals surface area contributed by atoms with Crippen molar-refractivity contribution in [1.82, 2.24) is 0 Å². The number of fused-ring (bicyclic) bond motifs is 3. The number of nitrogens with zero attached hydrogens (tertiary/aromatic N) is 2. The Morgan fingerprint density at radius 1 is 1.15 bits per heavy atom. The van der Waals surface area contributed by atoms with Crippen LogP contribution in [0.1, 0.15) is 54.1 Å². The van der Waals surface area contributed by atoms with E-state index in [9.17, 15) is 4.79 Å². The minimum atomic E-state index is -0.756. The highest BCUT2D eigenvalue weighted by atomic mass is 35.5. The normalized spacial score (nSPS) is 28.1. The third kappa shape index (κ3) is 3.56. The van der Waals surface area contributed by atoms with E-state index in [4.69, 9.17) is 43.7 Å². The summed E-state index contributed by atoms with van der Waals surface area (Å²) in [6.07, 6.45) is 4.99. The van der Waals surface area contributed by atoms with Gasteiger partial charge in [-0.25, -0.2) is 4.99 Å². The van der Waals surface area contributed by atoms with Gasteiger partial charge in [-0.05, 0) is 74.9 Å². The average Bonchev–Trinajstić information content (AvgIpc) is 3.22. The van der Waals surface area contributed by atoms with Gasteiger partial charge in [0.05, 0.1) is 22.4 Å². The molecule has 0 aromatic heterocycles. The summed E-state index contributed by atoms with van der Waals surface area (Å²) >= 11 is 12.2. The number of carbonyl (C=O) groups excluding carboxylic acids is 1. The monoisotopic (exact) mass is 484 g/mol. The number of anilines is 1. The van der Waals surface area contributed by atoms with E-state index >= 15 is 0 Å². The van der Waals surface area contributed by atoms with Crippen molar-refractivity contribution in [2.24, 2.45) is 21.1 Å². The van der Waals surface area contributed by atoms with E-state index in [1.165, 1.54) is 5.56 Å². The number of ether oxygens (including phenoxy) is 1. The van der Waals surface area contributed by atoms with Crippen molar-refractivity contribution in [3.8, 4) is 0 Å². The van der Waals surface area contributed by atoms with E-state index in [0.717, 1.165) is 43.4 Å². The van der Waals surface area contributed by atoms with Crippen LogP contribution in [-0.4, -0.2) is 30.7 Å². The zero-order chi connectivity index (χ0) is 23.4. The van der Waals surface area contributed by atoms with Crippen LogP contribution < -0.4 is 11.1 Å². The van der Waals surface area contributed by atoms with Crippen LogP contribution in [0, 0.1) is 5.41 Å². The molecule has 1 atom stereocenters. The summed E-state index contributed by atoms with van der Waals surface area (Å²) in [5.74, 6) is 0.187. The minimum absolute atomic E-state index is 0.144. The van der Waals surface area contributed by atoms with Gasteiger partial charge in [0, 0.05) is 28.8 Å². The van der Waals surface area contributed by atoms with Gasteiger partial charge in [-0.15, -0.1) is 0 Å². The molecule has 1 aliphatic heterocycles. The molecule has 0 saturated heterocycles. The Kier molecular flexibility index (Phi) is 5.51. The lowest BCUT2D eigenvalue weighted by Crippen LogP contribution is -2.43. The van der Waals surface area contributed by atoms with Gasteiger partial charge in [0.25, 0.3) is 5.91 Å². The Morgan fingerprint density at radius 2 is 1.91 bits per heavy atom. The molecule has 1 saturated carbocycles. The summed E-state index contributed by atoms with van der Waals surface area (Å²) in [7, 11) is 1.78. The summed E-state index contributed by atoms with van der Waals surface area (Å²) in [5, 5.41) is 3.76. The maximum atomic E-state index is 12.9. The van der Waals surface area contributed by atoms with Crippen molar-refractivity contribution in [3.05, 3.63) is 63.1 Å². The molecule has 2 spiro atoms. The number of hydrogen-bond acceptors (Lipinski definition) is 5. The van der Waals surface area contributed by atoms with E-state index in [1.807, 2.05) is 19.1 Å². The van der Waals surface area contributed by atoms with Gasteiger partial charge in [0.15, 0.2) is 5.66 Å². The molecule has 1 fully saturated rings. The zero-order valence-corrected chi connectivity index (χ0v) is 20.1. The van der Waals surface area contributed by atoms with E-state index in [1.54, 1.807) is 25.3 Å². The maximum absolute atomic E-state index is 12.9. The second-order valence-electron chi connectivity index (χ2n) is 9.21. The highest BCUT2D eigenvalue weighted by Gasteiger charge is 2.60. The number of rotatable bonds is 3. The predicted octanol–water partition coefficient (Wildman–Crippen LogP) is 5.36. The third-order valence-corrected chi connectivity index (χ3v) is 7.94. The maximum Gasteiger partial charge on any atom is 0.257 e. The van der Waals surface area contributed by atoms with Gasteiger partial charge in [0.2, 0.25) is 0 Å². The van der Waals surface area contributed by atoms with Crippen LogP contribution >= 0.6 is 23.2 Å². The number of nitrogens with one attached hydrogen (secondary N) is 1. The van der Waals surface area contributed by atoms with E-state index in [-0.39, 0.29) is 17.4 Å². The molecule has 1 amide bonds. The van der Waals surface area contributed by atoms with Crippen LogP contribution in [0.2, 0.25) is 10.0 Å². The van der Waals surface area contributed by atoms with Gasteiger partial charge in [-0.2, -0.15) is 0 Å². The van der Waals surface area contributed by atoms with E-state index in [0.29, 0.717) is 27.1 Å². The molecule has 3 aliphatic rings. The molecule has 2 aromatic carbocycles. The van der Waals surface area contributed by atoms with Crippen LogP contribution in [0.15, 0.2) is 46.4 Å². The molecule has 0 radical (unpaired) electrons. The first-order chi connectivity index (χ1) is 15.8. The van der Waals surface area contributed by atoms with Crippen LogP contribution in [0.25, 0.3) is 0 Å². The highest BCUT2D eigenvalue weighted by molar-refractivity contribution is 6.41. The number of halogens is 2. The van der Waals surface area contributed by atoms with Crippen molar-refractivity contribution >= 4 is 46.3 Å². The number of hydrogen-bond donors (Lipinski definition) is 2. The molecule has 33 heavy (non-hydrogen) atoms. The van der Waals surface area contributed by atoms with Gasteiger partial charge in [-0.3, -0.25) is 9.79 Å². The van der Waals surface area contributed by atoms with Crippen molar-refractivity contribution in [1.29, 1.82) is 0 Å². The smallest absolute Gasteiger partial charge is 0.257 e. The Bertz CT molecular complexity index is 1180. The van der Waals surface area contributed by atoms with Crippen molar-refractivity contribution in [2.75, 3.05) is 12.4 Å². The lowest BCUT2D eigenvalue weighted by atomic mass is 9.65. The highest BCUT2D eigenvalue weighted by Crippen LogP contribution is 2.62. The lowest BCUT2D eigenvalue weighted by Gasteiger charge is -2.44. The third-order valence-electron chi connectivity index (χ3n) is 7.39. The Balaban J connectivity index is 1.52. The van der Waals surface area contributed by atoms with Crippen molar-refractivity contribution in [2.45, 2.75) is 50.8 Å².